The molecule has 0 heterocycles. The fourth-order valence-corrected chi connectivity index (χ4v) is 1.27. The van der Waals surface area contributed by atoms with E-state index in [2.05, 4.69) is 11.9 Å². The lowest BCUT2D eigenvalue weighted by Crippen LogP contribution is -2.31. The van der Waals surface area contributed by atoms with Gasteiger partial charge in [0, 0.05) is 6.54 Å². The van der Waals surface area contributed by atoms with Crippen molar-refractivity contribution in [2.24, 2.45) is 0 Å². The molecule has 1 amide bonds. The largest absolute Gasteiger partial charge is 0.481 e. The maximum atomic E-state index is 13.2. The first kappa shape index (κ1) is 15.2. The fourth-order valence-electron chi connectivity index (χ4n) is 1.27. The summed E-state index contributed by atoms with van der Waals surface area (Å²) in [5.74, 6) is -0.738. The number of rotatable bonds is 8. The van der Waals surface area contributed by atoms with Crippen molar-refractivity contribution in [3.63, 3.8) is 0 Å². The summed E-state index contributed by atoms with van der Waals surface area (Å²) in [5.41, 5.74) is 0.925. The Hall–Kier alpha value is -1.88. The minimum absolute atomic E-state index is 0.0659. The summed E-state index contributed by atoms with van der Waals surface area (Å²) in [6, 6.07) is 5.94. The molecule has 0 spiro atoms. The van der Waals surface area contributed by atoms with Gasteiger partial charge in [0.1, 0.15) is 0 Å². The predicted octanol–water partition coefficient (Wildman–Crippen LogP) is 1.91. The number of carbonyl (C=O) groups is 1. The SMILES string of the molecule is C=C(C)COCCNC(=O)COc1ccccc1F. The van der Waals surface area contributed by atoms with Crippen LogP contribution in [0.2, 0.25) is 0 Å². The smallest absolute Gasteiger partial charge is 0.258 e. The molecule has 5 heteroatoms. The van der Waals surface area contributed by atoms with Crippen molar-refractivity contribution in [3.8, 4) is 5.75 Å². The Kier molecular flexibility index (Phi) is 6.60. The Morgan fingerprint density at radius 2 is 2.11 bits per heavy atom. The number of hydrogen-bond donors (Lipinski definition) is 1. The van der Waals surface area contributed by atoms with E-state index in [9.17, 15) is 9.18 Å². The van der Waals surface area contributed by atoms with Crippen LogP contribution >= 0.6 is 0 Å². The van der Waals surface area contributed by atoms with Crippen molar-refractivity contribution in [2.45, 2.75) is 6.92 Å². The van der Waals surface area contributed by atoms with Crippen LogP contribution < -0.4 is 10.1 Å². The average Bonchev–Trinajstić information content (AvgIpc) is 2.37. The molecule has 0 fully saturated rings. The summed E-state index contributed by atoms with van der Waals surface area (Å²) < 4.78 is 23.4. The quantitative estimate of drug-likeness (QED) is 0.578. The second-order valence-corrected chi connectivity index (χ2v) is 4.08. The van der Waals surface area contributed by atoms with E-state index in [1.54, 1.807) is 12.1 Å². The number of para-hydroxylation sites is 1. The molecule has 4 nitrogen and oxygen atoms in total. The number of ether oxygens (including phenoxy) is 2. The Labute approximate surface area is 112 Å². The number of hydrogen-bond acceptors (Lipinski definition) is 3. The van der Waals surface area contributed by atoms with Crippen molar-refractivity contribution in [1.82, 2.24) is 5.32 Å². The Morgan fingerprint density at radius 3 is 2.79 bits per heavy atom. The van der Waals surface area contributed by atoms with Crippen LogP contribution in [0.5, 0.6) is 5.75 Å². The van der Waals surface area contributed by atoms with Gasteiger partial charge in [-0.05, 0) is 19.1 Å². The predicted molar refractivity (Wildman–Crippen MR) is 70.5 cm³/mol. The highest BCUT2D eigenvalue weighted by Gasteiger charge is 2.05. The number of amides is 1. The second kappa shape index (κ2) is 8.26. The van der Waals surface area contributed by atoms with Crippen molar-refractivity contribution in [2.75, 3.05) is 26.4 Å². The standard InChI is InChI=1S/C14H18FNO3/c1-11(2)9-18-8-7-16-14(17)10-19-13-6-4-3-5-12(13)15/h3-6H,1,7-10H2,2H3,(H,16,17). The molecule has 0 atom stereocenters. The van der Waals surface area contributed by atoms with Crippen LogP contribution in [0, 0.1) is 5.82 Å². The van der Waals surface area contributed by atoms with E-state index < -0.39 is 5.82 Å². The van der Waals surface area contributed by atoms with Crippen LogP contribution in [0.3, 0.4) is 0 Å². The Balaban J connectivity index is 2.15. The van der Waals surface area contributed by atoms with Crippen molar-refractivity contribution >= 4 is 5.91 Å². The maximum absolute atomic E-state index is 13.2. The molecular weight excluding hydrogens is 249 g/mol. The van der Waals surface area contributed by atoms with Crippen molar-refractivity contribution < 1.29 is 18.7 Å². The summed E-state index contributed by atoms with van der Waals surface area (Å²) in [6.07, 6.45) is 0. The number of nitrogens with one attached hydrogen (secondary N) is 1. The molecule has 1 aromatic rings. The summed E-state index contributed by atoms with van der Waals surface area (Å²) in [4.78, 5) is 11.4. The molecule has 0 aliphatic rings. The molecule has 0 aliphatic carbocycles. The molecule has 1 rings (SSSR count). The van der Waals surface area contributed by atoms with Crippen LogP contribution in [0.15, 0.2) is 36.4 Å². The highest BCUT2D eigenvalue weighted by atomic mass is 19.1. The number of carbonyl (C=O) groups excluding carboxylic acids is 1. The van der Waals surface area contributed by atoms with E-state index in [1.807, 2.05) is 6.92 Å². The molecule has 0 unspecified atom stereocenters. The van der Waals surface area contributed by atoms with Gasteiger partial charge in [-0.25, -0.2) is 4.39 Å². The highest BCUT2D eigenvalue weighted by molar-refractivity contribution is 5.77. The van der Waals surface area contributed by atoms with Gasteiger partial charge in [0.25, 0.3) is 5.91 Å². The molecule has 0 aromatic heterocycles. The van der Waals surface area contributed by atoms with Gasteiger partial charge < -0.3 is 14.8 Å². The molecule has 0 saturated carbocycles. The van der Waals surface area contributed by atoms with Gasteiger partial charge in [-0.3, -0.25) is 4.79 Å². The van der Waals surface area contributed by atoms with Crippen molar-refractivity contribution in [1.29, 1.82) is 0 Å². The normalized spacial score (nSPS) is 10.0. The average molecular weight is 267 g/mol. The van der Waals surface area contributed by atoms with E-state index >= 15 is 0 Å². The van der Waals surface area contributed by atoms with Crippen LogP contribution in [-0.4, -0.2) is 32.3 Å². The zero-order valence-electron chi connectivity index (χ0n) is 10.9. The van der Waals surface area contributed by atoms with E-state index in [1.165, 1.54) is 12.1 Å². The van der Waals surface area contributed by atoms with Gasteiger partial charge in [0.05, 0.1) is 13.2 Å². The molecule has 0 radical (unpaired) electrons. The van der Waals surface area contributed by atoms with E-state index in [0.29, 0.717) is 19.8 Å². The second-order valence-electron chi connectivity index (χ2n) is 4.08. The Morgan fingerprint density at radius 1 is 1.37 bits per heavy atom. The highest BCUT2D eigenvalue weighted by Crippen LogP contribution is 2.14. The van der Waals surface area contributed by atoms with Crippen LogP contribution in [-0.2, 0) is 9.53 Å². The summed E-state index contributed by atoms with van der Waals surface area (Å²) in [5, 5.41) is 2.61. The zero-order chi connectivity index (χ0) is 14.1. The first-order valence-electron chi connectivity index (χ1n) is 5.95. The molecule has 0 bridgehead atoms. The summed E-state index contributed by atoms with van der Waals surface area (Å²) in [6.45, 7) is 6.59. The number of halogens is 1. The van der Waals surface area contributed by atoms with E-state index in [4.69, 9.17) is 9.47 Å². The van der Waals surface area contributed by atoms with Crippen LogP contribution in [0.4, 0.5) is 4.39 Å². The van der Waals surface area contributed by atoms with Gasteiger partial charge in [-0.2, -0.15) is 0 Å². The van der Waals surface area contributed by atoms with Gasteiger partial charge >= 0.3 is 0 Å². The third-order valence-corrected chi connectivity index (χ3v) is 2.11. The lowest BCUT2D eigenvalue weighted by Gasteiger charge is -2.08. The molecule has 0 saturated heterocycles. The van der Waals surface area contributed by atoms with Crippen LogP contribution in [0.1, 0.15) is 6.92 Å². The van der Waals surface area contributed by atoms with Gasteiger partial charge in [-0.15, -0.1) is 0 Å². The minimum atomic E-state index is -0.486. The molecule has 104 valence electrons. The molecule has 1 N–H and O–H groups in total. The lowest BCUT2D eigenvalue weighted by atomic mass is 10.3. The first-order chi connectivity index (χ1) is 9.09. The number of benzene rings is 1. The van der Waals surface area contributed by atoms with Crippen molar-refractivity contribution in [3.05, 3.63) is 42.2 Å². The first-order valence-corrected chi connectivity index (χ1v) is 5.95. The van der Waals surface area contributed by atoms with Crippen LogP contribution in [0.25, 0.3) is 0 Å². The summed E-state index contributed by atoms with van der Waals surface area (Å²) in [7, 11) is 0. The molecule has 1 aromatic carbocycles. The fraction of sp³-hybridized carbons (Fsp3) is 0.357. The van der Waals surface area contributed by atoms with Gasteiger partial charge in [-0.1, -0.05) is 24.3 Å². The minimum Gasteiger partial charge on any atom is -0.481 e. The lowest BCUT2D eigenvalue weighted by molar-refractivity contribution is -0.123. The Bertz CT molecular complexity index is 434. The monoisotopic (exact) mass is 267 g/mol. The molecule has 0 aliphatic heterocycles. The third-order valence-electron chi connectivity index (χ3n) is 2.11. The molecular formula is C14H18FNO3. The maximum Gasteiger partial charge on any atom is 0.258 e. The topological polar surface area (TPSA) is 47.6 Å². The third kappa shape index (κ3) is 6.57. The van der Waals surface area contributed by atoms with Gasteiger partial charge in [0.2, 0.25) is 0 Å². The van der Waals surface area contributed by atoms with E-state index in [-0.39, 0.29) is 18.3 Å². The van der Waals surface area contributed by atoms with E-state index in [0.717, 1.165) is 5.57 Å². The molecule has 19 heavy (non-hydrogen) atoms. The van der Waals surface area contributed by atoms with Gasteiger partial charge in [0.15, 0.2) is 18.2 Å². The summed E-state index contributed by atoms with van der Waals surface area (Å²) >= 11 is 0. The zero-order valence-corrected chi connectivity index (χ0v) is 10.9.